The van der Waals surface area contributed by atoms with Crippen LogP contribution in [0.2, 0.25) is 10.0 Å². The highest BCUT2D eigenvalue weighted by atomic mass is 35.5. The molecular weight excluding hydrogens is 405 g/mol. The maximum Gasteiger partial charge on any atom is 0.244 e. The fraction of sp³-hybridized carbons (Fsp3) is 0.250. The number of sulfone groups is 1. The Labute approximate surface area is 157 Å². The van der Waals surface area contributed by atoms with Gasteiger partial charge in [-0.15, -0.1) is 0 Å². The number of hydrogen-bond donors (Lipinski definition) is 0. The van der Waals surface area contributed by atoms with Crippen molar-refractivity contribution in [2.24, 2.45) is 0 Å². The first-order valence-electron chi connectivity index (χ1n) is 7.47. The van der Waals surface area contributed by atoms with Gasteiger partial charge in [-0.05, 0) is 42.8 Å². The van der Waals surface area contributed by atoms with E-state index in [4.69, 9.17) is 23.2 Å². The molecule has 0 aromatic heterocycles. The van der Waals surface area contributed by atoms with Gasteiger partial charge in [-0.2, -0.15) is 4.31 Å². The summed E-state index contributed by atoms with van der Waals surface area (Å²) in [6.45, 7) is 0.0313. The van der Waals surface area contributed by atoms with Crippen molar-refractivity contribution in [3.63, 3.8) is 0 Å². The lowest BCUT2D eigenvalue weighted by Gasteiger charge is -2.17. The lowest BCUT2D eigenvalue weighted by molar-refractivity contribution is 0.476. The number of hydrogen-bond acceptors (Lipinski definition) is 4. The molecule has 0 spiro atoms. The topological polar surface area (TPSA) is 71.5 Å². The molecule has 2 aromatic rings. The molecular formula is C16H15Cl2NO4S2. The van der Waals surface area contributed by atoms with Gasteiger partial charge in [0, 0.05) is 18.1 Å². The van der Waals surface area contributed by atoms with Crippen LogP contribution in [0.1, 0.15) is 6.42 Å². The Balaban J connectivity index is 1.86. The van der Waals surface area contributed by atoms with E-state index < -0.39 is 25.1 Å². The SMILES string of the molecule is O=S(=O)(c1ccc(Cl)cc1)C1CCN(S(=O)(=O)c2ccccc2Cl)C1. The number of nitrogens with zero attached hydrogens (tertiary/aromatic N) is 1. The van der Waals surface area contributed by atoms with Crippen LogP contribution < -0.4 is 0 Å². The van der Waals surface area contributed by atoms with Crippen molar-refractivity contribution in [3.05, 3.63) is 58.6 Å². The minimum absolute atomic E-state index is 0.0128. The zero-order chi connectivity index (χ0) is 18.2. The molecule has 5 nitrogen and oxygen atoms in total. The summed E-state index contributed by atoms with van der Waals surface area (Å²) in [6.07, 6.45) is 0.231. The third kappa shape index (κ3) is 3.57. The molecule has 1 atom stereocenters. The first kappa shape index (κ1) is 18.7. The molecule has 9 heteroatoms. The van der Waals surface area contributed by atoms with Crippen LogP contribution in [0.4, 0.5) is 0 Å². The summed E-state index contributed by atoms with van der Waals surface area (Å²) in [7, 11) is -7.47. The highest BCUT2D eigenvalue weighted by molar-refractivity contribution is 7.92. The van der Waals surface area contributed by atoms with Gasteiger partial charge in [0.1, 0.15) is 4.90 Å². The first-order valence-corrected chi connectivity index (χ1v) is 11.2. The van der Waals surface area contributed by atoms with Crippen LogP contribution >= 0.6 is 23.2 Å². The molecule has 0 saturated carbocycles. The smallest absolute Gasteiger partial charge is 0.223 e. The fourth-order valence-electron chi connectivity index (χ4n) is 2.78. The van der Waals surface area contributed by atoms with E-state index in [2.05, 4.69) is 0 Å². The molecule has 0 N–H and O–H groups in total. The summed E-state index contributed by atoms with van der Waals surface area (Å²) in [6, 6.07) is 12.0. The van der Waals surface area contributed by atoms with E-state index in [-0.39, 0.29) is 34.3 Å². The lowest BCUT2D eigenvalue weighted by Crippen LogP contribution is -2.32. The minimum atomic E-state index is -3.84. The molecule has 1 fully saturated rings. The average molecular weight is 420 g/mol. The lowest BCUT2D eigenvalue weighted by atomic mass is 10.4. The Morgan fingerprint density at radius 3 is 2.20 bits per heavy atom. The molecule has 134 valence electrons. The molecule has 1 aliphatic heterocycles. The van der Waals surface area contributed by atoms with Gasteiger partial charge in [0.05, 0.1) is 15.2 Å². The van der Waals surface area contributed by atoms with Crippen LogP contribution in [0.15, 0.2) is 58.3 Å². The van der Waals surface area contributed by atoms with Crippen LogP contribution in [0, 0.1) is 0 Å². The molecule has 0 bridgehead atoms. The normalized spacial score (nSPS) is 19.2. The highest BCUT2D eigenvalue weighted by Gasteiger charge is 2.40. The molecule has 1 aliphatic rings. The van der Waals surface area contributed by atoms with Crippen LogP contribution in [0.5, 0.6) is 0 Å². The predicted molar refractivity (Wildman–Crippen MR) is 97.3 cm³/mol. The van der Waals surface area contributed by atoms with Crippen molar-refractivity contribution in [3.8, 4) is 0 Å². The monoisotopic (exact) mass is 419 g/mol. The van der Waals surface area contributed by atoms with Gasteiger partial charge in [0.2, 0.25) is 10.0 Å². The van der Waals surface area contributed by atoms with Crippen molar-refractivity contribution >= 4 is 43.1 Å². The quantitative estimate of drug-likeness (QED) is 0.762. The fourth-order valence-corrected chi connectivity index (χ4v) is 6.68. The minimum Gasteiger partial charge on any atom is -0.223 e. The van der Waals surface area contributed by atoms with E-state index in [0.29, 0.717) is 5.02 Å². The summed E-state index contributed by atoms with van der Waals surface area (Å²) in [4.78, 5) is 0.125. The van der Waals surface area contributed by atoms with Gasteiger partial charge in [-0.1, -0.05) is 35.3 Å². The van der Waals surface area contributed by atoms with Gasteiger partial charge in [-0.25, -0.2) is 16.8 Å². The van der Waals surface area contributed by atoms with Gasteiger partial charge in [0.25, 0.3) is 0 Å². The molecule has 3 rings (SSSR count). The Morgan fingerprint density at radius 2 is 1.56 bits per heavy atom. The zero-order valence-electron chi connectivity index (χ0n) is 13.0. The second kappa shape index (κ2) is 6.89. The molecule has 0 aliphatic carbocycles. The second-order valence-corrected chi connectivity index (χ2v) is 10.7. The van der Waals surface area contributed by atoms with E-state index in [1.165, 1.54) is 40.7 Å². The van der Waals surface area contributed by atoms with Crippen LogP contribution in [0.25, 0.3) is 0 Å². The zero-order valence-corrected chi connectivity index (χ0v) is 16.1. The molecule has 1 unspecified atom stereocenters. The molecule has 2 aromatic carbocycles. The Hall–Kier alpha value is -1.12. The van der Waals surface area contributed by atoms with Gasteiger partial charge in [0.15, 0.2) is 9.84 Å². The summed E-state index contributed by atoms with van der Waals surface area (Å²) < 4.78 is 52.1. The van der Waals surface area contributed by atoms with E-state index in [9.17, 15) is 16.8 Å². The Kier molecular flexibility index (Phi) is 5.14. The van der Waals surface area contributed by atoms with Gasteiger partial charge < -0.3 is 0 Å². The predicted octanol–water partition coefficient (Wildman–Crippen LogP) is 3.23. The van der Waals surface area contributed by atoms with Crippen LogP contribution in [0.3, 0.4) is 0 Å². The largest absolute Gasteiger partial charge is 0.244 e. The average Bonchev–Trinajstić information content (AvgIpc) is 3.07. The maximum absolute atomic E-state index is 12.7. The van der Waals surface area contributed by atoms with Crippen molar-refractivity contribution in [2.75, 3.05) is 13.1 Å². The van der Waals surface area contributed by atoms with Gasteiger partial charge in [-0.3, -0.25) is 0 Å². The van der Waals surface area contributed by atoms with E-state index >= 15 is 0 Å². The molecule has 1 heterocycles. The highest BCUT2D eigenvalue weighted by Crippen LogP contribution is 2.30. The van der Waals surface area contributed by atoms with Crippen molar-refractivity contribution in [1.82, 2.24) is 4.31 Å². The van der Waals surface area contributed by atoms with Crippen molar-refractivity contribution in [2.45, 2.75) is 21.5 Å². The molecule has 0 amide bonds. The van der Waals surface area contributed by atoms with E-state index in [1.54, 1.807) is 12.1 Å². The van der Waals surface area contributed by atoms with Gasteiger partial charge >= 0.3 is 0 Å². The van der Waals surface area contributed by atoms with Crippen LogP contribution in [-0.2, 0) is 19.9 Å². The number of benzene rings is 2. The summed E-state index contributed by atoms with van der Waals surface area (Å²) in [5, 5.41) is -0.245. The van der Waals surface area contributed by atoms with Crippen LogP contribution in [-0.4, -0.2) is 39.5 Å². The summed E-state index contributed by atoms with van der Waals surface area (Å²) in [5.41, 5.74) is 0. The number of rotatable bonds is 4. The molecule has 1 saturated heterocycles. The Bertz CT molecular complexity index is 989. The molecule has 25 heavy (non-hydrogen) atoms. The number of halogens is 2. The summed E-state index contributed by atoms with van der Waals surface area (Å²) in [5.74, 6) is 0. The van der Waals surface area contributed by atoms with E-state index in [1.807, 2.05) is 0 Å². The first-order chi connectivity index (χ1) is 11.7. The molecule has 0 radical (unpaired) electrons. The summed E-state index contributed by atoms with van der Waals surface area (Å²) >= 11 is 11.8. The van der Waals surface area contributed by atoms with Crippen molar-refractivity contribution in [1.29, 1.82) is 0 Å². The maximum atomic E-state index is 12.7. The van der Waals surface area contributed by atoms with E-state index in [0.717, 1.165) is 0 Å². The second-order valence-electron chi connectivity index (χ2n) is 5.70. The Morgan fingerprint density at radius 1 is 0.920 bits per heavy atom. The third-order valence-electron chi connectivity index (χ3n) is 4.14. The number of sulfonamides is 1. The third-order valence-corrected chi connectivity index (χ3v) is 8.95. The van der Waals surface area contributed by atoms with Crippen molar-refractivity contribution < 1.29 is 16.8 Å². The standard InChI is InChI=1S/C16H15Cl2NO4S2/c17-12-5-7-13(8-6-12)24(20,21)14-9-10-19(11-14)25(22,23)16-4-2-1-3-15(16)18/h1-8,14H,9-11H2.